The van der Waals surface area contributed by atoms with Crippen molar-refractivity contribution >= 4 is 12.0 Å². The van der Waals surface area contributed by atoms with E-state index in [1.54, 1.807) is 38.6 Å². The average Bonchev–Trinajstić information content (AvgIpc) is 2.47. The Hall–Kier alpha value is -2.83. The summed E-state index contributed by atoms with van der Waals surface area (Å²) in [5.41, 5.74) is 3.04. The monoisotopic (exact) mass is 274 g/mol. The van der Waals surface area contributed by atoms with Gasteiger partial charge in [-0.05, 0) is 18.2 Å². The van der Waals surface area contributed by atoms with Gasteiger partial charge in [0.2, 0.25) is 0 Å². The van der Waals surface area contributed by atoms with E-state index in [4.69, 9.17) is 9.47 Å². The summed E-state index contributed by atoms with van der Waals surface area (Å²) in [5, 5.41) is 4.02. The molecular weight excluding hydrogens is 260 g/mol. The Morgan fingerprint density at radius 3 is 2.85 bits per heavy atom. The Bertz CT molecular complexity index is 667. The molecule has 20 heavy (non-hydrogen) atoms. The molecule has 0 spiro atoms. The lowest BCUT2D eigenvalue weighted by atomic mass is 10.2. The molecule has 2 aromatic rings. The summed E-state index contributed by atoms with van der Waals surface area (Å²) in [6.45, 7) is 0. The Balaban J connectivity index is 2.13. The Morgan fingerprint density at radius 1 is 1.30 bits per heavy atom. The number of H-pyrrole nitrogens is 1. The van der Waals surface area contributed by atoms with E-state index in [0.29, 0.717) is 17.3 Å². The number of benzene rings is 1. The number of rotatable bonds is 5. The first-order chi connectivity index (χ1) is 9.72. The lowest BCUT2D eigenvalue weighted by molar-refractivity contribution is 0.394. The highest BCUT2D eigenvalue weighted by Gasteiger charge is 2.02. The Labute approximate surface area is 115 Å². The second-order valence-corrected chi connectivity index (χ2v) is 3.77. The topological polar surface area (TPSA) is 88.6 Å². The molecule has 7 nitrogen and oxygen atoms in total. The Morgan fingerprint density at radius 2 is 2.15 bits per heavy atom. The van der Waals surface area contributed by atoms with Gasteiger partial charge in [0.05, 0.1) is 20.4 Å². The molecule has 0 amide bonds. The molecular formula is C13H14N4O3. The third kappa shape index (κ3) is 3.35. The van der Waals surface area contributed by atoms with Crippen LogP contribution < -0.4 is 20.6 Å². The van der Waals surface area contributed by atoms with E-state index < -0.39 is 5.69 Å². The highest BCUT2D eigenvalue weighted by atomic mass is 16.5. The maximum atomic E-state index is 11.0. The van der Waals surface area contributed by atoms with Crippen LogP contribution in [0.3, 0.4) is 0 Å². The predicted octanol–water partition coefficient (Wildman–Crippen LogP) is 1.23. The van der Waals surface area contributed by atoms with Gasteiger partial charge in [-0.25, -0.2) is 9.78 Å². The van der Waals surface area contributed by atoms with Crippen molar-refractivity contribution in [1.82, 2.24) is 9.97 Å². The number of methoxy groups -OCH3 is 2. The van der Waals surface area contributed by atoms with Gasteiger partial charge >= 0.3 is 5.69 Å². The molecule has 0 fully saturated rings. The molecule has 0 unspecified atom stereocenters. The predicted molar refractivity (Wildman–Crippen MR) is 75.6 cm³/mol. The van der Waals surface area contributed by atoms with Crippen LogP contribution in [0.25, 0.3) is 0 Å². The van der Waals surface area contributed by atoms with Crippen LogP contribution in [0, 0.1) is 0 Å². The van der Waals surface area contributed by atoms with E-state index in [1.165, 1.54) is 6.20 Å². The zero-order valence-corrected chi connectivity index (χ0v) is 11.1. The fourth-order valence-corrected chi connectivity index (χ4v) is 1.53. The molecule has 0 radical (unpaired) electrons. The van der Waals surface area contributed by atoms with Crippen LogP contribution in [0.15, 0.2) is 40.4 Å². The second-order valence-electron chi connectivity index (χ2n) is 3.77. The SMILES string of the molecule is COc1ccc(/C=N/Nc2ccnc(=O)[nH]2)c(OC)c1. The number of nitrogens with one attached hydrogen (secondary N) is 2. The van der Waals surface area contributed by atoms with Crippen molar-refractivity contribution in [2.24, 2.45) is 5.10 Å². The molecule has 0 bridgehead atoms. The van der Waals surface area contributed by atoms with Crippen LogP contribution in [-0.4, -0.2) is 30.4 Å². The summed E-state index contributed by atoms with van der Waals surface area (Å²) < 4.78 is 10.4. The maximum absolute atomic E-state index is 11.0. The highest BCUT2D eigenvalue weighted by Crippen LogP contribution is 2.23. The molecule has 0 aliphatic heterocycles. The van der Waals surface area contributed by atoms with Crippen LogP contribution in [0.2, 0.25) is 0 Å². The number of ether oxygens (including phenoxy) is 2. The van der Waals surface area contributed by atoms with Crippen LogP contribution >= 0.6 is 0 Å². The van der Waals surface area contributed by atoms with Crippen LogP contribution in [0.1, 0.15) is 5.56 Å². The van der Waals surface area contributed by atoms with Crippen molar-refractivity contribution in [3.05, 3.63) is 46.5 Å². The number of anilines is 1. The zero-order valence-electron chi connectivity index (χ0n) is 11.1. The summed E-state index contributed by atoms with van der Waals surface area (Å²) in [6.07, 6.45) is 2.97. The smallest absolute Gasteiger partial charge is 0.346 e. The van der Waals surface area contributed by atoms with Crippen LogP contribution in [-0.2, 0) is 0 Å². The van der Waals surface area contributed by atoms with Crippen LogP contribution in [0.5, 0.6) is 11.5 Å². The molecule has 2 N–H and O–H groups in total. The third-order valence-corrected chi connectivity index (χ3v) is 2.50. The second kappa shape index (κ2) is 6.37. The lowest BCUT2D eigenvalue weighted by Gasteiger charge is -2.06. The molecule has 7 heteroatoms. The molecule has 0 aliphatic rings. The van der Waals surface area contributed by atoms with E-state index in [1.807, 2.05) is 6.07 Å². The van der Waals surface area contributed by atoms with Gasteiger partial charge in [-0.1, -0.05) is 0 Å². The normalized spacial score (nSPS) is 10.5. The van der Waals surface area contributed by atoms with Crippen molar-refractivity contribution in [2.45, 2.75) is 0 Å². The zero-order chi connectivity index (χ0) is 14.4. The molecule has 0 saturated carbocycles. The molecule has 0 atom stereocenters. The maximum Gasteiger partial charge on any atom is 0.346 e. The Kier molecular flexibility index (Phi) is 4.33. The van der Waals surface area contributed by atoms with Crippen molar-refractivity contribution < 1.29 is 9.47 Å². The number of hydrogen-bond donors (Lipinski definition) is 2. The van der Waals surface area contributed by atoms with Gasteiger partial charge in [-0.2, -0.15) is 5.10 Å². The van der Waals surface area contributed by atoms with Gasteiger partial charge in [0.25, 0.3) is 0 Å². The van der Waals surface area contributed by atoms with E-state index in [-0.39, 0.29) is 0 Å². The van der Waals surface area contributed by atoms with E-state index in [2.05, 4.69) is 20.5 Å². The number of aromatic nitrogens is 2. The summed E-state index contributed by atoms with van der Waals surface area (Å²) in [5.74, 6) is 1.79. The first-order valence-electron chi connectivity index (χ1n) is 5.79. The van der Waals surface area contributed by atoms with Crippen LogP contribution in [0.4, 0.5) is 5.82 Å². The van der Waals surface area contributed by atoms with Gasteiger partial charge in [0, 0.05) is 17.8 Å². The summed E-state index contributed by atoms with van der Waals surface area (Å²) in [7, 11) is 3.16. The summed E-state index contributed by atoms with van der Waals surface area (Å²) >= 11 is 0. The van der Waals surface area contributed by atoms with Crippen molar-refractivity contribution in [3.63, 3.8) is 0 Å². The summed E-state index contributed by atoms with van der Waals surface area (Å²) in [4.78, 5) is 17.0. The quantitative estimate of drug-likeness (QED) is 0.632. The largest absolute Gasteiger partial charge is 0.497 e. The minimum atomic E-state index is -0.438. The molecule has 0 aliphatic carbocycles. The standard InChI is InChI=1S/C13H14N4O3/c1-19-10-4-3-9(11(7-10)20-2)8-15-17-12-5-6-14-13(18)16-12/h3-8H,1-2H3,(H2,14,16,17,18)/b15-8+. The number of nitrogens with zero attached hydrogens (tertiary/aromatic N) is 2. The van der Waals surface area contributed by atoms with Gasteiger partial charge in [0.15, 0.2) is 0 Å². The average molecular weight is 274 g/mol. The van der Waals surface area contributed by atoms with E-state index in [0.717, 1.165) is 5.56 Å². The van der Waals surface area contributed by atoms with Gasteiger partial charge in [0.1, 0.15) is 17.3 Å². The van der Waals surface area contributed by atoms with Crippen molar-refractivity contribution in [3.8, 4) is 11.5 Å². The fraction of sp³-hybridized carbons (Fsp3) is 0.154. The molecule has 1 aromatic carbocycles. The molecule has 104 valence electrons. The molecule has 0 saturated heterocycles. The lowest BCUT2D eigenvalue weighted by Crippen LogP contribution is -2.10. The van der Waals surface area contributed by atoms with Gasteiger partial charge < -0.3 is 9.47 Å². The summed E-state index contributed by atoms with van der Waals surface area (Å²) in [6, 6.07) is 6.98. The first kappa shape index (κ1) is 13.6. The third-order valence-electron chi connectivity index (χ3n) is 2.50. The van der Waals surface area contributed by atoms with Gasteiger partial charge in [-0.15, -0.1) is 0 Å². The minimum absolute atomic E-state index is 0.438. The molecule has 1 heterocycles. The van der Waals surface area contributed by atoms with Crippen molar-refractivity contribution in [2.75, 3.05) is 19.6 Å². The fourth-order valence-electron chi connectivity index (χ4n) is 1.53. The van der Waals surface area contributed by atoms with E-state index >= 15 is 0 Å². The number of hydrazone groups is 1. The highest BCUT2D eigenvalue weighted by molar-refractivity contribution is 5.84. The van der Waals surface area contributed by atoms with Crippen molar-refractivity contribution in [1.29, 1.82) is 0 Å². The number of aromatic amines is 1. The van der Waals surface area contributed by atoms with E-state index in [9.17, 15) is 4.79 Å². The molecule has 1 aromatic heterocycles. The minimum Gasteiger partial charge on any atom is -0.497 e. The van der Waals surface area contributed by atoms with Gasteiger partial charge in [-0.3, -0.25) is 10.4 Å². The first-order valence-corrected chi connectivity index (χ1v) is 5.79. The number of hydrogen-bond acceptors (Lipinski definition) is 6. The molecule has 2 rings (SSSR count).